The summed E-state index contributed by atoms with van der Waals surface area (Å²) in [7, 11) is 0. The fourth-order valence-electron chi connectivity index (χ4n) is 2.86. The third-order valence-electron chi connectivity index (χ3n) is 3.88. The lowest BCUT2D eigenvalue weighted by atomic mass is 10.1. The van der Waals surface area contributed by atoms with Crippen molar-refractivity contribution in [1.29, 1.82) is 0 Å². The molecule has 1 saturated heterocycles. The molecule has 1 aliphatic heterocycles. The number of carbonyl (C=O) groups is 1. The van der Waals surface area contributed by atoms with Gasteiger partial charge >= 0.3 is 0 Å². The van der Waals surface area contributed by atoms with Crippen molar-refractivity contribution < 1.29 is 4.79 Å². The van der Waals surface area contributed by atoms with Crippen molar-refractivity contribution in [2.45, 2.75) is 84.8 Å². The highest BCUT2D eigenvalue weighted by atomic mass is 16.2. The largest absolute Gasteiger partial charge is 0.326 e. The van der Waals surface area contributed by atoms with Crippen LogP contribution in [0.2, 0.25) is 0 Å². The van der Waals surface area contributed by atoms with Crippen molar-refractivity contribution in [3.63, 3.8) is 0 Å². The maximum atomic E-state index is 12.4. The molecular formula is C16H32N2O. The fourth-order valence-corrected chi connectivity index (χ4v) is 2.86. The summed E-state index contributed by atoms with van der Waals surface area (Å²) in [5.41, 5.74) is 0. The number of rotatable bonds is 9. The summed E-state index contributed by atoms with van der Waals surface area (Å²) < 4.78 is 0. The first-order valence-corrected chi connectivity index (χ1v) is 8.16. The Labute approximate surface area is 119 Å². The maximum Gasteiger partial charge on any atom is 0.241 e. The Morgan fingerprint density at radius 1 is 1.16 bits per heavy atom. The highest BCUT2D eigenvalue weighted by molar-refractivity contribution is 5.84. The summed E-state index contributed by atoms with van der Waals surface area (Å²) >= 11 is 0. The molecule has 1 heterocycles. The van der Waals surface area contributed by atoms with Crippen LogP contribution in [0.5, 0.6) is 0 Å². The van der Waals surface area contributed by atoms with Crippen molar-refractivity contribution in [3.8, 4) is 0 Å². The van der Waals surface area contributed by atoms with Crippen molar-refractivity contribution in [1.82, 2.24) is 10.2 Å². The lowest BCUT2D eigenvalue weighted by Crippen LogP contribution is -2.39. The Balaban J connectivity index is 2.52. The summed E-state index contributed by atoms with van der Waals surface area (Å²) in [6.07, 6.45) is 8.30. The van der Waals surface area contributed by atoms with Crippen LogP contribution in [-0.2, 0) is 4.79 Å². The second-order valence-corrected chi connectivity index (χ2v) is 6.25. The molecule has 3 heteroatoms. The highest BCUT2D eigenvalue weighted by Gasteiger charge is 2.37. The average molecular weight is 268 g/mol. The van der Waals surface area contributed by atoms with Gasteiger partial charge in [-0.25, -0.2) is 0 Å². The predicted octanol–water partition coefficient (Wildman–Crippen LogP) is 3.54. The number of nitrogens with one attached hydrogen (secondary N) is 1. The molecule has 1 N–H and O–H groups in total. The molecule has 0 spiro atoms. The van der Waals surface area contributed by atoms with Gasteiger partial charge in [-0.1, -0.05) is 53.4 Å². The number of nitrogens with zero attached hydrogens (tertiary/aromatic N) is 1. The SMILES string of the molecule is CCCCCCN1C(=O)C(CCC)NC1CC(C)C. The normalized spacial score (nSPS) is 23.6. The minimum absolute atomic E-state index is 0.0694. The number of hydrogen-bond donors (Lipinski definition) is 1. The molecule has 1 rings (SSSR count). The average Bonchev–Trinajstić information content (AvgIpc) is 2.62. The predicted molar refractivity (Wildman–Crippen MR) is 80.9 cm³/mol. The van der Waals surface area contributed by atoms with Crippen LogP contribution in [0.3, 0.4) is 0 Å². The monoisotopic (exact) mass is 268 g/mol. The second-order valence-electron chi connectivity index (χ2n) is 6.25. The maximum absolute atomic E-state index is 12.4. The molecule has 3 nitrogen and oxygen atoms in total. The first-order chi connectivity index (χ1) is 9.10. The van der Waals surface area contributed by atoms with Crippen molar-refractivity contribution in [2.75, 3.05) is 6.54 Å². The molecule has 112 valence electrons. The van der Waals surface area contributed by atoms with Gasteiger partial charge in [0, 0.05) is 6.54 Å². The minimum Gasteiger partial charge on any atom is -0.326 e. The van der Waals surface area contributed by atoms with Crippen LogP contribution in [-0.4, -0.2) is 29.6 Å². The Morgan fingerprint density at radius 3 is 2.47 bits per heavy atom. The van der Waals surface area contributed by atoms with Gasteiger partial charge in [-0.3, -0.25) is 10.1 Å². The summed E-state index contributed by atoms with van der Waals surface area (Å²) in [5.74, 6) is 0.966. The van der Waals surface area contributed by atoms with Gasteiger partial charge in [0.05, 0.1) is 12.2 Å². The van der Waals surface area contributed by atoms with E-state index in [4.69, 9.17) is 0 Å². The third-order valence-corrected chi connectivity index (χ3v) is 3.88. The standard InChI is InChI=1S/C16H32N2O/c1-5-7-8-9-11-18-15(12-13(3)4)17-14(10-6-2)16(18)19/h13-15,17H,5-12H2,1-4H3. The summed E-state index contributed by atoms with van der Waals surface area (Å²) in [6, 6.07) is 0.0694. The second kappa shape index (κ2) is 8.57. The van der Waals surface area contributed by atoms with Crippen LogP contribution in [0, 0.1) is 5.92 Å². The van der Waals surface area contributed by atoms with Gasteiger partial charge in [-0.2, -0.15) is 0 Å². The minimum atomic E-state index is 0.0694. The third kappa shape index (κ3) is 5.13. The van der Waals surface area contributed by atoms with Gasteiger partial charge < -0.3 is 4.90 Å². The topological polar surface area (TPSA) is 32.3 Å². The van der Waals surface area contributed by atoms with E-state index in [1.165, 1.54) is 19.3 Å². The van der Waals surface area contributed by atoms with Crippen LogP contribution in [0.15, 0.2) is 0 Å². The Kier molecular flexibility index (Phi) is 7.44. The van der Waals surface area contributed by atoms with Gasteiger partial charge in [-0.15, -0.1) is 0 Å². The molecule has 0 aromatic rings. The fraction of sp³-hybridized carbons (Fsp3) is 0.938. The molecule has 19 heavy (non-hydrogen) atoms. The van der Waals surface area contributed by atoms with E-state index in [1.54, 1.807) is 0 Å². The van der Waals surface area contributed by atoms with Gasteiger partial charge in [0.2, 0.25) is 5.91 Å². The Morgan fingerprint density at radius 2 is 1.89 bits per heavy atom. The summed E-state index contributed by atoms with van der Waals surface area (Å²) in [4.78, 5) is 14.5. The number of hydrogen-bond acceptors (Lipinski definition) is 2. The molecule has 0 bridgehead atoms. The van der Waals surface area contributed by atoms with Crippen molar-refractivity contribution in [3.05, 3.63) is 0 Å². The van der Waals surface area contributed by atoms with Crippen molar-refractivity contribution >= 4 is 5.91 Å². The van der Waals surface area contributed by atoms with E-state index in [9.17, 15) is 4.79 Å². The van der Waals surface area contributed by atoms with Gasteiger partial charge in [-0.05, 0) is 25.2 Å². The van der Waals surface area contributed by atoms with E-state index >= 15 is 0 Å². The smallest absolute Gasteiger partial charge is 0.241 e. The number of carbonyl (C=O) groups excluding carboxylic acids is 1. The first kappa shape index (κ1) is 16.5. The highest BCUT2D eigenvalue weighted by Crippen LogP contribution is 2.20. The molecule has 0 aromatic carbocycles. The van der Waals surface area contributed by atoms with E-state index < -0.39 is 0 Å². The van der Waals surface area contributed by atoms with Crippen LogP contribution >= 0.6 is 0 Å². The molecular weight excluding hydrogens is 236 g/mol. The van der Waals surface area contributed by atoms with Crippen LogP contribution < -0.4 is 5.32 Å². The Hall–Kier alpha value is -0.570. The summed E-state index contributed by atoms with van der Waals surface area (Å²) in [6.45, 7) is 9.77. The Bertz CT molecular complexity index is 265. The van der Waals surface area contributed by atoms with Crippen LogP contribution in [0.1, 0.15) is 72.6 Å². The van der Waals surface area contributed by atoms with Gasteiger partial charge in [0.15, 0.2) is 0 Å². The van der Waals surface area contributed by atoms with Gasteiger partial charge in [0.1, 0.15) is 0 Å². The zero-order valence-electron chi connectivity index (χ0n) is 13.2. The molecule has 1 fully saturated rings. The van der Waals surface area contributed by atoms with E-state index in [0.29, 0.717) is 11.8 Å². The molecule has 0 saturated carbocycles. The molecule has 1 amide bonds. The van der Waals surface area contributed by atoms with Crippen LogP contribution in [0.4, 0.5) is 0 Å². The van der Waals surface area contributed by atoms with E-state index in [1.807, 2.05) is 0 Å². The summed E-state index contributed by atoms with van der Waals surface area (Å²) in [5, 5.41) is 3.54. The zero-order valence-corrected chi connectivity index (χ0v) is 13.2. The zero-order chi connectivity index (χ0) is 14.3. The number of unbranched alkanes of at least 4 members (excludes halogenated alkanes) is 3. The van der Waals surface area contributed by atoms with Gasteiger partial charge in [0.25, 0.3) is 0 Å². The van der Waals surface area contributed by atoms with Crippen LogP contribution in [0.25, 0.3) is 0 Å². The van der Waals surface area contributed by atoms with E-state index in [2.05, 4.69) is 37.9 Å². The molecule has 2 unspecified atom stereocenters. The molecule has 1 aliphatic rings. The molecule has 2 atom stereocenters. The van der Waals surface area contributed by atoms with Crippen molar-refractivity contribution in [2.24, 2.45) is 5.92 Å². The molecule has 0 radical (unpaired) electrons. The lowest BCUT2D eigenvalue weighted by molar-refractivity contribution is -0.130. The first-order valence-electron chi connectivity index (χ1n) is 8.16. The lowest BCUT2D eigenvalue weighted by Gasteiger charge is -2.25. The molecule has 0 aliphatic carbocycles. The van der Waals surface area contributed by atoms with E-state index in [0.717, 1.165) is 32.2 Å². The molecule has 0 aromatic heterocycles. The number of amides is 1. The quantitative estimate of drug-likeness (QED) is 0.649. The van der Waals surface area contributed by atoms with E-state index in [-0.39, 0.29) is 12.2 Å².